The van der Waals surface area contributed by atoms with Crippen LogP contribution in [0.2, 0.25) is 0 Å². The summed E-state index contributed by atoms with van der Waals surface area (Å²) < 4.78 is 29.6. The van der Waals surface area contributed by atoms with E-state index in [9.17, 15) is 13.2 Å². The zero-order valence-corrected chi connectivity index (χ0v) is 19.7. The molecule has 8 nitrogen and oxygen atoms in total. The van der Waals surface area contributed by atoms with Gasteiger partial charge in [-0.05, 0) is 42.3 Å². The fourth-order valence-corrected chi connectivity index (χ4v) is 5.71. The molecule has 3 aromatic carbocycles. The number of rotatable bonds is 6. The predicted octanol–water partition coefficient (Wildman–Crippen LogP) is 3.57. The number of H-pyrrole nitrogens is 1. The van der Waals surface area contributed by atoms with Gasteiger partial charge in [-0.15, -0.1) is 0 Å². The monoisotopic (exact) mass is 487 g/mol. The highest BCUT2D eigenvalue weighted by molar-refractivity contribution is 7.89. The molecule has 0 saturated carbocycles. The highest BCUT2D eigenvalue weighted by Crippen LogP contribution is 2.33. The molecule has 1 amide bonds. The second-order valence-electron chi connectivity index (χ2n) is 8.47. The van der Waals surface area contributed by atoms with Crippen molar-refractivity contribution >= 4 is 27.3 Å². The van der Waals surface area contributed by atoms with Crippen LogP contribution in [-0.4, -0.2) is 36.9 Å². The lowest BCUT2D eigenvalue weighted by Crippen LogP contribution is -2.41. The molecule has 1 aromatic heterocycles. The molecule has 1 unspecified atom stereocenters. The van der Waals surface area contributed by atoms with Crippen LogP contribution in [0.3, 0.4) is 0 Å². The summed E-state index contributed by atoms with van der Waals surface area (Å²) in [6.07, 6.45) is 3.87. The Labute approximate surface area is 204 Å². The molecule has 0 radical (unpaired) electrons. The first-order chi connectivity index (χ1) is 17.0. The summed E-state index contributed by atoms with van der Waals surface area (Å²) in [7, 11) is -3.79. The van der Waals surface area contributed by atoms with E-state index in [1.165, 1.54) is 0 Å². The molecule has 1 aliphatic heterocycles. The van der Waals surface area contributed by atoms with Crippen molar-refractivity contribution in [3.05, 3.63) is 108 Å². The molecule has 4 aromatic rings. The summed E-state index contributed by atoms with van der Waals surface area (Å²) in [5.41, 5.74) is 3.46. The summed E-state index contributed by atoms with van der Waals surface area (Å²) in [5, 5.41) is 2.89. The minimum atomic E-state index is -3.79. The van der Waals surface area contributed by atoms with Gasteiger partial charge in [-0.2, -0.15) is 0 Å². The van der Waals surface area contributed by atoms with E-state index in [2.05, 4.69) is 20.0 Å². The number of hydrogen-bond acceptors (Lipinski definition) is 5. The summed E-state index contributed by atoms with van der Waals surface area (Å²) in [6, 6.07) is 23.2. The van der Waals surface area contributed by atoms with Gasteiger partial charge in [0.05, 0.1) is 24.3 Å². The number of nitrogens with zero attached hydrogens (tertiary/aromatic N) is 2. The van der Waals surface area contributed by atoms with Crippen molar-refractivity contribution in [2.75, 3.05) is 16.8 Å². The number of nitrogens with one attached hydrogen (secondary N) is 3. The molecule has 35 heavy (non-hydrogen) atoms. The fraction of sp³-hybridized carbons (Fsp3) is 0.154. The van der Waals surface area contributed by atoms with E-state index in [-0.39, 0.29) is 16.8 Å². The van der Waals surface area contributed by atoms with Crippen LogP contribution in [0, 0.1) is 0 Å². The maximum absolute atomic E-state index is 13.4. The van der Waals surface area contributed by atoms with Crippen LogP contribution in [-0.2, 0) is 23.0 Å². The smallest absolute Gasteiger partial charge is 0.255 e. The van der Waals surface area contributed by atoms with Gasteiger partial charge in [0.2, 0.25) is 10.0 Å². The molecule has 2 heterocycles. The highest BCUT2D eigenvalue weighted by Gasteiger charge is 2.31. The molecule has 5 rings (SSSR count). The van der Waals surface area contributed by atoms with Crippen LogP contribution in [0.25, 0.3) is 0 Å². The van der Waals surface area contributed by atoms with Crippen molar-refractivity contribution in [1.82, 2.24) is 14.7 Å². The molecule has 1 aliphatic rings. The minimum Gasteiger partial charge on any atom is -0.363 e. The van der Waals surface area contributed by atoms with Crippen molar-refractivity contribution in [2.45, 2.75) is 23.9 Å². The number of hydrogen-bond donors (Lipinski definition) is 3. The largest absolute Gasteiger partial charge is 0.363 e. The molecule has 0 fully saturated rings. The van der Waals surface area contributed by atoms with Crippen LogP contribution in [0.4, 0.5) is 11.4 Å². The third kappa shape index (κ3) is 5.26. The number of carbonyl (C=O) groups is 1. The van der Waals surface area contributed by atoms with E-state index < -0.39 is 10.0 Å². The Morgan fingerprint density at radius 2 is 1.77 bits per heavy atom. The first kappa shape index (κ1) is 22.8. The number of imidazole rings is 1. The van der Waals surface area contributed by atoms with Crippen LogP contribution in [0.15, 0.2) is 96.3 Å². The first-order valence-electron chi connectivity index (χ1n) is 11.3. The molecular formula is C26H25N5O3S. The number of fused-ring (bicyclic) bond motifs is 1. The van der Waals surface area contributed by atoms with Crippen LogP contribution in [0.5, 0.6) is 0 Å². The molecule has 1 atom stereocenters. The normalized spacial score (nSPS) is 16.8. The number of sulfonamides is 1. The zero-order chi connectivity index (χ0) is 24.3. The number of carbonyl (C=O) groups excluding carboxylic acids is 1. The molecule has 178 valence electrons. The van der Waals surface area contributed by atoms with Crippen molar-refractivity contribution < 1.29 is 13.2 Å². The van der Waals surface area contributed by atoms with Gasteiger partial charge in [0, 0.05) is 30.0 Å². The summed E-state index contributed by atoms with van der Waals surface area (Å²) in [5.74, 6) is -0.262. The number of benzene rings is 3. The lowest BCUT2D eigenvalue weighted by molar-refractivity contribution is 0.102. The van der Waals surface area contributed by atoms with Gasteiger partial charge in [-0.3, -0.25) is 4.79 Å². The van der Waals surface area contributed by atoms with Gasteiger partial charge >= 0.3 is 0 Å². The quantitative estimate of drug-likeness (QED) is 0.385. The number of aromatic amines is 1. The second kappa shape index (κ2) is 9.73. The van der Waals surface area contributed by atoms with E-state index in [0.29, 0.717) is 36.4 Å². The standard InChI is InChI=1S/C26H25N5O3S/c32-26(20-9-5-2-6-10-20)29-21-11-12-25-24(14-21)31(17-23-15-27-18-28-23)16-22(30-35(25,33)34)13-19-7-3-1-4-8-19/h1-12,14-15,18,22,30H,13,16-17H2,(H,27,28)(H,29,32). The van der Waals surface area contributed by atoms with E-state index >= 15 is 0 Å². The zero-order valence-electron chi connectivity index (χ0n) is 18.9. The average Bonchev–Trinajstić information content (AvgIpc) is 3.34. The molecular weight excluding hydrogens is 462 g/mol. The van der Waals surface area contributed by atoms with Gasteiger partial charge in [-0.1, -0.05) is 48.5 Å². The van der Waals surface area contributed by atoms with E-state index in [4.69, 9.17) is 0 Å². The predicted molar refractivity (Wildman–Crippen MR) is 135 cm³/mol. The van der Waals surface area contributed by atoms with Gasteiger partial charge in [0.15, 0.2) is 0 Å². The van der Waals surface area contributed by atoms with E-state index in [1.54, 1.807) is 55.0 Å². The van der Waals surface area contributed by atoms with Crippen LogP contribution >= 0.6 is 0 Å². The third-order valence-electron chi connectivity index (χ3n) is 5.89. The average molecular weight is 488 g/mol. The molecule has 0 saturated heterocycles. The van der Waals surface area contributed by atoms with Gasteiger partial charge in [0.1, 0.15) is 4.90 Å². The first-order valence-corrected chi connectivity index (χ1v) is 12.8. The molecule has 0 bridgehead atoms. The number of anilines is 2. The molecule has 9 heteroatoms. The molecule has 0 spiro atoms. The van der Waals surface area contributed by atoms with Crippen molar-refractivity contribution in [2.24, 2.45) is 0 Å². The van der Waals surface area contributed by atoms with Crippen LogP contribution in [0.1, 0.15) is 21.6 Å². The fourth-order valence-electron chi connectivity index (χ4n) is 4.28. The lowest BCUT2D eigenvalue weighted by atomic mass is 10.1. The summed E-state index contributed by atoms with van der Waals surface area (Å²) in [6.45, 7) is 0.877. The van der Waals surface area contributed by atoms with Gasteiger partial charge < -0.3 is 15.2 Å². The highest BCUT2D eigenvalue weighted by atomic mass is 32.2. The van der Waals surface area contributed by atoms with Gasteiger partial charge in [-0.25, -0.2) is 18.1 Å². The Kier molecular flexibility index (Phi) is 6.35. The van der Waals surface area contributed by atoms with Gasteiger partial charge in [0.25, 0.3) is 5.91 Å². The van der Waals surface area contributed by atoms with Crippen molar-refractivity contribution in [3.63, 3.8) is 0 Å². The minimum absolute atomic E-state index is 0.172. The Morgan fingerprint density at radius 1 is 1.03 bits per heavy atom. The number of amides is 1. The number of aromatic nitrogens is 2. The SMILES string of the molecule is O=C(Nc1ccc2c(c1)N(Cc1cnc[nH]1)CC(Cc1ccccc1)NS2(=O)=O)c1ccccc1. The Morgan fingerprint density at radius 3 is 2.49 bits per heavy atom. The van der Waals surface area contributed by atoms with E-state index in [1.807, 2.05) is 41.3 Å². The third-order valence-corrected chi connectivity index (χ3v) is 7.45. The molecule has 0 aliphatic carbocycles. The summed E-state index contributed by atoms with van der Waals surface area (Å²) >= 11 is 0. The second-order valence-corrected chi connectivity index (χ2v) is 10.2. The molecule has 3 N–H and O–H groups in total. The van der Waals surface area contributed by atoms with Crippen LogP contribution < -0.4 is 14.9 Å². The lowest BCUT2D eigenvalue weighted by Gasteiger charge is -2.27. The Balaban J connectivity index is 1.50. The Hall–Kier alpha value is -3.95. The van der Waals surface area contributed by atoms with Crippen molar-refractivity contribution in [3.8, 4) is 0 Å². The summed E-state index contributed by atoms with van der Waals surface area (Å²) in [4.78, 5) is 22.1. The topological polar surface area (TPSA) is 107 Å². The Bertz CT molecular complexity index is 1410. The van der Waals surface area contributed by atoms with E-state index in [0.717, 1.165) is 11.3 Å². The maximum atomic E-state index is 13.4. The maximum Gasteiger partial charge on any atom is 0.255 e. The van der Waals surface area contributed by atoms with Crippen molar-refractivity contribution in [1.29, 1.82) is 0 Å².